The molecular weight excluding hydrogens is 340 g/mol. The zero-order valence-electron chi connectivity index (χ0n) is 16.0. The van der Waals surface area contributed by atoms with Crippen LogP contribution in [-0.4, -0.2) is 32.2 Å². The fourth-order valence-corrected chi connectivity index (χ4v) is 3.99. The number of quaternary nitrogens is 1. The standard InChI is InChI=1S/C22H26N2O3/c1-15-5-3-6-18(11-15)23-22(25)14-24-8-7-17-12-20-21(13-19(17)16(24)2)27-10-4-9-26-20/h3,5-6,11-13,16H,4,7-10,14H2,1-2H3,(H,23,25)/p+1/t16-/m1/s1. The number of nitrogens with one attached hydrogen (secondary N) is 2. The third-order valence-electron chi connectivity index (χ3n) is 5.49. The maximum Gasteiger partial charge on any atom is 0.279 e. The van der Waals surface area contributed by atoms with Crippen molar-refractivity contribution in [2.75, 3.05) is 31.6 Å². The smallest absolute Gasteiger partial charge is 0.279 e. The van der Waals surface area contributed by atoms with Crippen LogP contribution in [0.2, 0.25) is 0 Å². The van der Waals surface area contributed by atoms with Gasteiger partial charge in [0.15, 0.2) is 18.0 Å². The Kier molecular flexibility index (Phi) is 5.03. The number of carbonyl (C=O) groups excluding carboxylic acids is 1. The van der Waals surface area contributed by atoms with Crippen LogP contribution in [0.25, 0.3) is 0 Å². The van der Waals surface area contributed by atoms with E-state index < -0.39 is 0 Å². The molecule has 142 valence electrons. The summed E-state index contributed by atoms with van der Waals surface area (Å²) in [7, 11) is 0. The van der Waals surface area contributed by atoms with E-state index in [9.17, 15) is 4.79 Å². The molecule has 2 aromatic rings. The molecule has 2 aliphatic heterocycles. The first-order valence-electron chi connectivity index (χ1n) is 9.73. The molecule has 0 aromatic heterocycles. The van der Waals surface area contributed by atoms with Crippen LogP contribution in [0, 0.1) is 6.92 Å². The summed E-state index contributed by atoms with van der Waals surface area (Å²) in [4.78, 5) is 13.8. The van der Waals surface area contributed by atoms with E-state index in [-0.39, 0.29) is 11.9 Å². The topological polar surface area (TPSA) is 52.0 Å². The number of carbonyl (C=O) groups is 1. The minimum Gasteiger partial charge on any atom is -0.490 e. The monoisotopic (exact) mass is 367 g/mol. The number of anilines is 1. The molecule has 0 spiro atoms. The van der Waals surface area contributed by atoms with Gasteiger partial charge in [0.05, 0.1) is 19.8 Å². The lowest BCUT2D eigenvalue weighted by Gasteiger charge is -2.32. The lowest BCUT2D eigenvalue weighted by atomic mass is 9.93. The van der Waals surface area contributed by atoms with Crippen LogP contribution in [-0.2, 0) is 11.2 Å². The summed E-state index contributed by atoms with van der Waals surface area (Å²) in [6, 6.07) is 12.4. The van der Waals surface area contributed by atoms with Crippen LogP contribution in [0.5, 0.6) is 11.5 Å². The molecule has 0 aliphatic carbocycles. The molecule has 27 heavy (non-hydrogen) atoms. The highest BCUT2D eigenvalue weighted by Crippen LogP contribution is 2.35. The average Bonchev–Trinajstić information content (AvgIpc) is 2.87. The van der Waals surface area contributed by atoms with Gasteiger partial charge in [0.25, 0.3) is 5.91 Å². The van der Waals surface area contributed by atoms with Crippen molar-refractivity contribution in [2.24, 2.45) is 0 Å². The van der Waals surface area contributed by atoms with Crippen LogP contribution < -0.4 is 19.7 Å². The SMILES string of the molecule is Cc1cccc(NC(=O)C[NH+]2CCc3cc4c(cc3[C@H]2C)OCCCO4)c1. The number of amides is 1. The van der Waals surface area contributed by atoms with Crippen molar-refractivity contribution in [3.63, 3.8) is 0 Å². The van der Waals surface area contributed by atoms with Gasteiger partial charge in [-0.3, -0.25) is 4.79 Å². The predicted octanol–water partition coefficient (Wildman–Crippen LogP) is 2.30. The maximum absolute atomic E-state index is 12.6. The number of ether oxygens (including phenoxy) is 2. The van der Waals surface area contributed by atoms with Gasteiger partial charge in [0.1, 0.15) is 6.04 Å². The van der Waals surface area contributed by atoms with Gasteiger partial charge in [0.2, 0.25) is 0 Å². The molecule has 2 N–H and O–H groups in total. The first-order valence-corrected chi connectivity index (χ1v) is 9.73. The number of hydrogen-bond donors (Lipinski definition) is 2. The molecule has 1 unspecified atom stereocenters. The highest BCUT2D eigenvalue weighted by Gasteiger charge is 2.31. The summed E-state index contributed by atoms with van der Waals surface area (Å²) in [5.74, 6) is 1.75. The molecule has 0 saturated carbocycles. The number of rotatable bonds is 3. The Morgan fingerprint density at radius 3 is 2.74 bits per heavy atom. The Morgan fingerprint density at radius 1 is 1.19 bits per heavy atom. The summed E-state index contributed by atoms with van der Waals surface area (Å²) in [6.45, 7) is 7.02. The second-order valence-corrected chi connectivity index (χ2v) is 7.52. The van der Waals surface area contributed by atoms with Gasteiger partial charge in [0, 0.05) is 24.1 Å². The van der Waals surface area contributed by atoms with Crippen molar-refractivity contribution < 1.29 is 19.2 Å². The predicted molar refractivity (Wildman–Crippen MR) is 105 cm³/mol. The molecule has 0 radical (unpaired) electrons. The van der Waals surface area contributed by atoms with Gasteiger partial charge < -0.3 is 19.7 Å². The first-order chi connectivity index (χ1) is 13.1. The summed E-state index contributed by atoms with van der Waals surface area (Å²) in [5.41, 5.74) is 4.59. The molecule has 5 nitrogen and oxygen atoms in total. The van der Waals surface area contributed by atoms with E-state index in [1.807, 2.05) is 31.2 Å². The van der Waals surface area contributed by atoms with Crippen molar-refractivity contribution in [2.45, 2.75) is 32.7 Å². The van der Waals surface area contributed by atoms with E-state index >= 15 is 0 Å². The Hall–Kier alpha value is -2.53. The zero-order valence-corrected chi connectivity index (χ0v) is 16.0. The molecule has 2 heterocycles. The van der Waals surface area contributed by atoms with Crippen LogP contribution in [0.1, 0.15) is 36.1 Å². The molecule has 0 fully saturated rings. The minimum atomic E-state index is 0.0558. The van der Waals surface area contributed by atoms with E-state index in [0.29, 0.717) is 19.8 Å². The number of hydrogen-bond acceptors (Lipinski definition) is 3. The highest BCUT2D eigenvalue weighted by molar-refractivity contribution is 5.91. The zero-order chi connectivity index (χ0) is 18.8. The Morgan fingerprint density at radius 2 is 1.96 bits per heavy atom. The lowest BCUT2D eigenvalue weighted by molar-refractivity contribution is -0.924. The van der Waals surface area contributed by atoms with E-state index in [0.717, 1.165) is 42.1 Å². The van der Waals surface area contributed by atoms with Crippen molar-refractivity contribution in [3.05, 3.63) is 53.1 Å². The van der Waals surface area contributed by atoms with Crippen LogP contribution >= 0.6 is 0 Å². The van der Waals surface area contributed by atoms with Gasteiger partial charge >= 0.3 is 0 Å². The number of fused-ring (bicyclic) bond motifs is 2. The summed E-state index contributed by atoms with van der Waals surface area (Å²) in [5, 5.41) is 3.03. The molecule has 4 rings (SSSR count). The normalized spacial score (nSPS) is 21.1. The molecule has 2 aliphatic rings. The third kappa shape index (κ3) is 3.93. The number of aryl methyl sites for hydroxylation is 1. The number of benzene rings is 2. The molecule has 2 aromatic carbocycles. The van der Waals surface area contributed by atoms with Crippen molar-refractivity contribution in [1.82, 2.24) is 0 Å². The van der Waals surface area contributed by atoms with Crippen LogP contribution in [0.15, 0.2) is 36.4 Å². The molecular formula is C22H27N2O3+. The first kappa shape index (κ1) is 17.9. The maximum atomic E-state index is 12.6. The van der Waals surface area contributed by atoms with Crippen LogP contribution in [0.3, 0.4) is 0 Å². The minimum absolute atomic E-state index is 0.0558. The van der Waals surface area contributed by atoms with Gasteiger partial charge in [-0.25, -0.2) is 0 Å². The van der Waals surface area contributed by atoms with Gasteiger partial charge in [-0.15, -0.1) is 0 Å². The third-order valence-corrected chi connectivity index (χ3v) is 5.49. The second-order valence-electron chi connectivity index (χ2n) is 7.52. The quantitative estimate of drug-likeness (QED) is 0.875. The molecule has 1 amide bonds. The highest BCUT2D eigenvalue weighted by atomic mass is 16.5. The Balaban J connectivity index is 1.47. The fourth-order valence-electron chi connectivity index (χ4n) is 3.99. The van der Waals surface area contributed by atoms with Crippen molar-refractivity contribution in [3.8, 4) is 11.5 Å². The molecule has 0 saturated heterocycles. The summed E-state index contributed by atoms with van der Waals surface area (Å²) < 4.78 is 11.7. The van der Waals surface area contributed by atoms with Gasteiger partial charge in [-0.1, -0.05) is 12.1 Å². The van der Waals surface area contributed by atoms with E-state index in [1.165, 1.54) is 16.0 Å². The Bertz CT molecular complexity index is 849. The van der Waals surface area contributed by atoms with Gasteiger partial charge in [-0.05, 0) is 49.2 Å². The molecule has 0 bridgehead atoms. The fraction of sp³-hybridized carbons (Fsp3) is 0.409. The van der Waals surface area contributed by atoms with E-state index in [2.05, 4.69) is 24.4 Å². The summed E-state index contributed by atoms with van der Waals surface area (Å²) in [6.07, 6.45) is 1.86. The van der Waals surface area contributed by atoms with Crippen molar-refractivity contribution >= 4 is 11.6 Å². The lowest BCUT2D eigenvalue weighted by Crippen LogP contribution is -3.14. The molecule has 5 heteroatoms. The average molecular weight is 367 g/mol. The van der Waals surface area contributed by atoms with Gasteiger partial charge in [-0.2, -0.15) is 0 Å². The summed E-state index contributed by atoms with van der Waals surface area (Å²) >= 11 is 0. The van der Waals surface area contributed by atoms with E-state index in [1.54, 1.807) is 0 Å². The molecule has 2 atom stereocenters. The Labute approximate surface area is 160 Å². The van der Waals surface area contributed by atoms with Crippen molar-refractivity contribution in [1.29, 1.82) is 0 Å². The van der Waals surface area contributed by atoms with Crippen LogP contribution in [0.4, 0.5) is 5.69 Å². The largest absolute Gasteiger partial charge is 0.490 e. The van der Waals surface area contributed by atoms with E-state index in [4.69, 9.17) is 9.47 Å². The second kappa shape index (κ2) is 7.61.